The Bertz CT molecular complexity index is 762. The number of rotatable bonds is 8. The third-order valence-corrected chi connectivity index (χ3v) is 4.83. The average Bonchev–Trinajstić information content (AvgIpc) is 2.63. The molecule has 6 heteroatoms. The monoisotopic (exact) mass is 361 g/mol. The Kier molecular flexibility index (Phi) is 6.70. The second-order valence-electron chi connectivity index (χ2n) is 5.88. The van der Waals surface area contributed by atoms with Crippen molar-refractivity contribution < 1.29 is 19.4 Å². The fourth-order valence-corrected chi connectivity index (χ4v) is 3.05. The van der Waals surface area contributed by atoms with E-state index in [-0.39, 0.29) is 5.91 Å². The zero-order chi connectivity index (χ0) is 18.4. The Morgan fingerprint density at radius 3 is 2.52 bits per heavy atom. The lowest BCUT2D eigenvalue weighted by Gasteiger charge is -2.18. The third kappa shape index (κ3) is 4.89. The Labute approximate surface area is 151 Å². The van der Waals surface area contributed by atoms with E-state index in [2.05, 4.69) is 5.32 Å². The van der Waals surface area contributed by atoms with Crippen LogP contribution in [0.15, 0.2) is 36.4 Å². The molecule has 0 radical (unpaired) electrons. The first-order valence-corrected chi connectivity index (χ1v) is 9.45. The van der Waals surface area contributed by atoms with E-state index in [9.17, 15) is 14.7 Å². The summed E-state index contributed by atoms with van der Waals surface area (Å²) in [5, 5.41) is 13.9. The molecule has 2 aromatic rings. The second kappa shape index (κ2) is 8.76. The van der Waals surface area contributed by atoms with Crippen molar-refractivity contribution in [1.82, 2.24) is 5.32 Å². The molecule has 5 nitrogen and oxygen atoms in total. The number of nitrogens with one attached hydrogen (secondary N) is 1. The van der Waals surface area contributed by atoms with Gasteiger partial charge in [-0.25, -0.2) is 4.79 Å². The number of hydrogen-bond acceptors (Lipinski definition) is 4. The summed E-state index contributed by atoms with van der Waals surface area (Å²) in [6.07, 6.45) is 2.32. The van der Waals surface area contributed by atoms with Crippen LogP contribution in [0, 0.1) is 0 Å². The molecule has 2 rings (SSSR count). The van der Waals surface area contributed by atoms with Gasteiger partial charge in [-0.1, -0.05) is 24.3 Å². The van der Waals surface area contributed by atoms with E-state index in [1.165, 1.54) is 0 Å². The number of ether oxygens (including phenoxy) is 1. The number of methoxy groups -OCH3 is 1. The molecule has 0 saturated heterocycles. The molecule has 0 fully saturated rings. The molecule has 0 aliphatic heterocycles. The summed E-state index contributed by atoms with van der Waals surface area (Å²) in [5.41, 5.74) is 0.851. The average molecular weight is 361 g/mol. The van der Waals surface area contributed by atoms with Crippen molar-refractivity contribution >= 4 is 34.4 Å². The van der Waals surface area contributed by atoms with Gasteiger partial charge in [0.1, 0.15) is 11.8 Å². The van der Waals surface area contributed by atoms with Crippen molar-refractivity contribution in [2.75, 3.05) is 19.1 Å². The lowest BCUT2D eigenvalue weighted by molar-refractivity contribution is -0.142. The molecule has 0 aliphatic carbocycles. The summed E-state index contributed by atoms with van der Waals surface area (Å²) in [7, 11) is 1.62. The highest BCUT2D eigenvalue weighted by molar-refractivity contribution is 7.98. The van der Waals surface area contributed by atoms with E-state index in [1.54, 1.807) is 25.8 Å². The number of carbonyl (C=O) groups excluding carboxylic acids is 1. The predicted molar refractivity (Wildman–Crippen MR) is 101 cm³/mol. The minimum atomic E-state index is -1.000. The van der Waals surface area contributed by atoms with E-state index >= 15 is 0 Å². The van der Waals surface area contributed by atoms with E-state index in [0.29, 0.717) is 12.2 Å². The first-order valence-electron chi connectivity index (χ1n) is 8.06. The van der Waals surface area contributed by atoms with Gasteiger partial charge in [0.25, 0.3) is 0 Å². The molecule has 134 valence electrons. The largest absolute Gasteiger partial charge is 0.497 e. The molecule has 1 amide bonds. The van der Waals surface area contributed by atoms with Gasteiger partial charge in [0.15, 0.2) is 0 Å². The van der Waals surface area contributed by atoms with Gasteiger partial charge in [0.2, 0.25) is 5.91 Å². The van der Waals surface area contributed by atoms with E-state index in [1.807, 2.05) is 42.7 Å². The highest BCUT2D eigenvalue weighted by Crippen LogP contribution is 2.25. The van der Waals surface area contributed by atoms with Crippen LogP contribution in [0.4, 0.5) is 0 Å². The minimum Gasteiger partial charge on any atom is -0.497 e. The molecule has 2 aromatic carbocycles. The number of aliphatic carboxylic acids is 1. The van der Waals surface area contributed by atoms with Crippen LogP contribution in [0.1, 0.15) is 24.8 Å². The summed E-state index contributed by atoms with van der Waals surface area (Å²) < 4.78 is 5.22. The van der Waals surface area contributed by atoms with Crippen molar-refractivity contribution in [3.63, 3.8) is 0 Å². The number of fused-ring (bicyclic) bond motifs is 1. The van der Waals surface area contributed by atoms with Crippen LogP contribution >= 0.6 is 11.8 Å². The van der Waals surface area contributed by atoms with Crippen molar-refractivity contribution in [1.29, 1.82) is 0 Å². The number of benzene rings is 2. The standard InChI is InChI=1S/C19H23NO4S/c1-12(18(21)20-17(19(22)23)8-9-25-3)13-4-5-15-11-16(24-2)7-6-14(15)10-13/h4-7,10-12,17H,8-9H2,1-3H3,(H,20,21)(H,22,23)/t12-,17?/m0/s1. The lowest BCUT2D eigenvalue weighted by Crippen LogP contribution is -2.42. The molecular formula is C19H23NO4S. The number of amides is 1. The van der Waals surface area contributed by atoms with Crippen LogP contribution < -0.4 is 10.1 Å². The normalized spacial score (nSPS) is 13.2. The quantitative estimate of drug-likeness (QED) is 0.755. The van der Waals surface area contributed by atoms with Crippen LogP contribution in [-0.4, -0.2) is 42.1 Å². The van der Waals surface area contributed by atoms with Crippen LogP contribution in [0.2, 0.25) is 0 Å². The Morgan fingerprint density at radius 2 is 1.88 bits per heavy atom. The Balaban J connectivity index is 2.15. The number of carboxylic acids is 1. The highest BCUT2D eigenvalue weighted by Gasteiger charge is 2.23. The fraction of sp³-hybridized carbons (Fsp3) is 0.368. The lowest BCUT2D eigenvalue weighted by atomic mass is 9.96. The first-order chi connectivity index (χ1) is 12.0. The van der Waals surface area contributed by atoms with Crippen LogP contribution in [0.25, 0.3) is 10.8 Å². The molecule has 25 heavy (non-hydrogen) atoms. The van der Waals surface area contributed by atoms with Crippen LogP contribution in [0.3, 0.4) is 0 Å². The molecule has 1 unspecified atom stereocenters. The van der Waals surface area contributed by atoms with Crippen molar-refractivity contribution in [3.8, 4) is 5.75 Å². The van der Waals surface area contributed by atoms with Crippen molar-refractivity contribution in [2.45, 2.75) is 25.3 Å². The van der Waals surface area contributed by atoms with E-state index < -0.39 is 17.9 Å². The topological polar surface area (TPSA) is 75.6 Å². The molecule has 0 bridgehead atoms. The summed E-state index contributed by atoms with van der Waals surface area (Å²) in [4.78, 5) is 23.8. The predicted octanol–water partition coefficient (Wildman–Crippen LogP) is 3.27. The van der Waals surface area contributed by atoms with Crippen LogP contribution in [-0.2, 0) is 9.59 Å². The summed E-state index contributed by atoms with van der Waals surface area (Å²) in [5.74, 6) is -0.239. The molecule has 0 spiro atoms. The van der Waals surface area contributed by atoms with Gasteiger partial charge in [-0.3, -0.25) is 4.79 Å². The molecule has 0 aromatic heterocycles. The summed E-state index contributed by atoms with van der Waals surface area (Å²) >= 11 is 1.56. The minimum absolute atomic E-state index is 0.277. The van der Waals surface area contributed by atoms with Gasteiger partial charge < -0.3 is 15.2 Å². The van der Waals surface area contributed by atoms with Crippen molar-refractivity contribution in [3.05, 3.63) is 42.0 Å². The molecular weight excluding hydrogens is 338 g/mol. The first kappa shape index (κ1) is 19.1. The number of hydrogen-bond donors (Lipinski definition) is 2. The fourth-order valence-electron chi connectivity index (χ4n) is 2.58. The second-order valence-corrected chi connectivity index (χ2v) is 6.86. The molecule has 2 N–H and O–H groups in total. The maximum absolute atomic E-state index is 12.5. The number of thioether (sulfide) groups is 1. The molecule has 2 atom stereocenters. The molecule has 0 heterocycles. The van der Waals surface area contributed by atoms with E-state index in [4.69, 9.17) is 4.74 Å². The van der Waals surface area contributed by atoms with Crippen LogP contribution in [0.5, 0.6) is 5.75 Å². The van der Waals surface area contributed by atoms with Gasteiger partial charge in [-0.15, -0.1) is 0 Å². The Morgan fingerprint density at radius 1 is 1.20 bits per heavy atom. The SMILES string of the molecule is COc1ccc2cc([C@H](C)C(=O)NC(CCSC)C(=O)O)ccc2c1. The third-order valence-electron chi connectivity index (χ3n) is 4.19. The molecule has 0 aliphatic rings. The zero-order valence-corrected chi connectivity index (χ0v) is 15.4. The van der Waals surface area contributed by atoms with Gasteiger partial charge in [0, 0.05) is 0 Å². The van der Waals surface area contributed by atoms with Gasteiger partial charge in [-0.2, -0.15) is 11.8 Å². The maximum Gasteiger partial charge on any atom is 0.326 e. The maximum atomic E-state index is 12.5. The summed E-state index contributed by atoms with van der Waals surface area (Å²) in [6, 6.07) is 10.7. The number of carboxylic acid groups (broad SMARTS) is 1. The van der Waals surface area contributed by atoms with E-state index in [0.717, 1.165) is 22.1 Å². The highest BCUT2D eigenvalue weighted by atomic mass is 32.2. The van der Waals surface area contributed by atoms with Gasteiger partial charge >= 0.3 is 5.97 Å². The van der Waals surface area contributed by atoms with Gasteiger partial charge in [-0.05, 0) is 53.8 Å². The number of carbonyl (C=O) groups is 2. The van der Waals surface area contributed by atoms with Crippen molar-refractivity contribution in [2.24, 2.45) is 0 Å². The Hall–Kier alpha value is -2.21. The van der Waals surface area contributed by atoms with Gasteiger partial charge in [0.05, 0.1) is 13.0 Å². The molecule has 0 saturated carbocycles. The smallest absolute Gasteiger partial charge is 0.326 e. The zero-order valence-electron chi connectivity index (χ0n) is 14.6. The summed E-state index contributed by atoms with van der Waals surface area (Å²) in [6.45, 7) is 1.79.